The number of nitrogens with one attached hydrogen (secondary N) is 1. The fourth-order valence-electron chi connectivity index (χ4n) is 3.10. The fourth-order valence-corrected chi connectivity index (χ4v) is 3.10. The lowest BCUT2D eigenvalue weighted by Crippen LogP contribution is -2.49. The zero-order valence-electron chi connectivity index (χ0n) is 12.1. The molecule has 0 bridgehead atoms. The van der Waals surface area contributed by atoms with Gasteiger partial charge in [-0.15, -0.1) is 0 Å². The Morgan fingerprint density at radius 3 is 2.90 bits per heavy atom. The summed E-state index contributed by atoms with van der Waals surface area (Å²) in [5, 5.41) is 12.0. The van der Waals surface area contributed by atoms with Crippen LogP contribution in [0.1, 0.15) is 39.0 Å². The van der Waals surface area contributed by atoms with Crippen molar-refractivity contribution in [3.8, 4) is 0 Å². The van der Waals surface area contributed by atoms with Gasteiger partial charge in [-0.1, -0.05) is 18.6 Å². The van der Waals surface area contributed by atoms with Crippen molar-refractivity contribution >= 4 is 12.0 Å². The third-order valence-corrected chi connectivity index (χ3v) is 4.15. The topological polar surface area (TPSA) is 69.6 Å². The normalized spacial score (nSPS) is 26.2. The van der Waals surface area contributed by atoms with E-state index in [9.17, 15) is 9.59 Å². The van der Waals surface area contributed by atoms with Crippen LogP contribution in [0.4, 0.5) is 4.79 Å². The SMILES string of the molecule is CC1CC(C(=O)O)CN(C(=O)NCCC2=CCCC2)C1. The van der Waals surface area contributed by atoms with Crippen molar-refractivity contribution in [2.75, 3.05) is 19.6 Å². The molecule has 5 heteroatoms. The van der Waals surface area contributed by atoms with E-state index in [4.69, 9.17) is 5.11 Å². The number of hydrogen-bond donors (Lipinski definition) is 2. The Labute approximate surface area is 120 Å². The molecule has 2 atom stereocenters. The maximum Gasteiger partial charge on any atom is 0.317 e. The van der Waals surface area contributed by atoms with Gasteiger partial charge in [0, 0.05) is 19.6 Å². The van der Waals surface area contributed by atoms with Crippen LogP contribution in [-0.4, -0.2) is 41.6 Å². The van der Waals surface area contributed by atoms with Crippen LogP contribution in [0.15, 0.2) is 11.6 Å². The van der Waals surface area contributed by atoms with Crippen LogP contribution in [0.2, 0.25) is 0 Å². The summed E-state index contributed by atoms with van der Waals surface area (Å²) < 4.78 is 0. The van der Waals surface area contributed by atoms with Gasteiger partial charge in [0.15, 0.2) is 0 Å². The van der Waals surface area contributed by atoms with E-state index in [1.165, 1.54) is 12.0 Å². The molecule has 1 aliphatic heterocycles. The third kappa shape index (κ3) is 3.99. The molecule has 2 N–H and O–H groups in total. The Kier molecular flexibility index (Phi) is 5.04. The van der Waals surface area contributed by atoms with Crippen molar-refractivity contribution in [3.05, 3.63) is 11.6 Å². The molecule has 1 fully saturated rings. The minimum Gasteiger partial charge on any atom is -0.481 e. The van der Waals surface area contributed by atoms with Gasteiger partial charge >= 0.3 is 12.0 Å². The van der Waals surface area contributed by atoms with Crippen molar-refractivity contribution in [3.63, 3.8) is 0 Å². The van der Waals surface area contributed by atoms with Gasteiger partial charge in [0.25, 0.3) is 0 Å². The number of carboxylic acid groups (broad SMARTS) is 1. The van der Waals surface area contributed by atoms with Gasteiger partial charge < -0.3 is 15.3 Å². The Morgan fingerprint density at radius 1 is 1.45 bits per heavy atom. The molecule has 2 amide bonds. The number of likely N-dealkylation sites (tertiary alicyclic amines) is 1. The number of nitrogens with zero attached hydrogens (tertiary/aromatic N) is 1. The van der Waals surface area contributed by atoms with Crippen molar-refractivity contribution in [2.24, 2.45) is 11.8 Å². The minimum atomic E-state index is -0.800. The van der Waals surface area contributed by atoms with Crippen LogP contribution in [-0.2, 0) is 4.79 Å². The summed E-state index contributed by atoms with van der Waals surface area (Å²) in [6.07, 6.45) is 7.37. The highest BCUT2D eigenvalue weighted by Gasteiger charge is 2.31. The number of allylic oxidation sites excluding steroid dienone is 1. The first kappa shape index (κ1) is 14.9. The molecule has 0 aromatic carbocycles. The number of piperidine rings is 1. The van der Waals surface area contributed by atoms with E-state index in [-0.39, 0.29) is 11.9 Å². The van der Waals surface area contributed by atoms with Gasteiger partial charge in [0.2, 0.25) is 0 Å². The Balaban J connectivity index is 1.77. The molecule has 2 unspecified atom stereocenters. The molecule has 0 saturated carbocycles. The van der Waals surface area contributed by atoms with Gasteiger partial charge in [-0.2, -0.15) is 0 Å². The second kappa shape index (κ2) is 6.77. The van der Waals surface area contributed by atoms with Crippen LogP contribution >= 0.6 is 0 Å². The quantitative estimate of drug-likeness (QED) is 0.776. The lowest BCUT2D eigenvalue weighted by molar-refractivity contribution is -0.143. The van der Waals surface area contributed by atoms with E-state index < -0.39 is 11.9 Å². The maximum atomic E-state index is 12.1. The van der Waals surface area contributed by atoms with Crippen LogP contribution < -0.4 is 5.32 Å². The molecule has 0 spiro atoms. The Hall–Kier alpha value is -1.52. The van der Waals surface area contributed by atoms with E-state index in [0.717, 1.165) is 19.3 Å². The zero-order valence-corrected chi connectivity index (χ0v) is 12.1. The summed E-state index contributed by atoms with van der Waals surface area (Å²) in [6, 6.07) is -0.124. The number of carbonyl (C=O) groups is 2. The molecular weight excluding hydrogens is 256 g/mol. The Bertz CT molecular complexity index is 406. The molecule has 0 radical (unpaired) electrons. The number of carbonyl (C=O) groups excluding carboxylic acids is 1. The summed E-state index contributed by atoms with van der Waals surface area (Å²) in [6.45, 7) is 3.62. The molecule has 0 aromatic rings. The fraction of sp³-hybridized carbons (Fsp3) is 0.733. The van der Waals surface area contributed by atoms with Crippen molar-refractivity contribution < 1.29 is 14.7 Å². The predicted molar refractivity (Wildman–Crippen MR) is 76.4 cm³/mol. The molecule has 1 aliphatic carbocycles. The first-order chi connectivity index (χ1) is 9.56. The minimum absolute atomic E-state index is 0.124. The van der Waals surface area contributed by atoms with Crippen molar-refractivity contribution in [1.29, 1.82) is 0 Å². The highest BCUT2D eigenvalue weighted by atomic mass is 16.4. The number of amides is 2. The standard InChI is InChI=1S/C15H24N2O3/c1-11-8-13(14(18)19)10-17(9-11)15(20)16-7-6-12-4-2-3-5-12/h4,11,13H,2-3,5-10H2,1H3,(H,16,20)(H,18,19). The average Bonchev–Trinajstić information content (AvgIpc) is 2.91. The highest BCUT2D eigenvalue weighted by molar-refractivity contribution is 5.76. The molecular formula is C15H24N2O3. The summed E-state index contributed by atoms with van der Waals surface area (Å²) >= 11 is 0. The van der Waals surface area contributed by atoms with E-state index in [1.807, 2.05) is 6.92 Å². The van der Waals surface area contributed by atoms with E-state index in [2.05, 4.69) is 11.4 Å². The molecule has 20 heavy (non-hydrogen) atoms. The molecule has 0 aromatic heterocycles. The van der Waals surface area contributed by atoms with Gasteiger partial charge in [-0.3, -0.25) is 4.79 Å². The maximum absolute atomic E-state index is 12.1. The van der Waals surface area contributed by atoms with Crippen LogP contribution in [0.3, 0.4) is 0 Å². The summed E-state index contributed by atoms with van der Waals surface area (Å²) in [5.41, 5.74) is 1.43. The third-order valence-electron chi connectivity index (χ3n) is 4.15. The highest BCUT2D eigenvalue weighted by Crippen LogP contribution is 2.22. The number of carboxylic acids is 1. The second-order valence-corrected chi connectivity index (χ2v) is 6.02. The largest absolute Gasteiger partial charge is 0.481 e. The zero-order chi connectivity index (χ0) is 14.5. The van der Waals surface area contributed by atoms with Crippen LogP contribution in [0.25, 0.3) is 0 Å². The number of aliphatic carboxylic acids is 1. The molecule has 5 nitrogen and oxygen atoms in total. The molecule has 112 valence electrons. The smallest absolute Gasteiger partial charge is 0.317 e. The van der Waals surface area contributed by atoms with Crippen LogP contribution in [0, 0.1) is 11.8 Å². The molecule has 2 rings (SSSR count). The average molecular weight is 280 g/mol. The van der Waals surface area contributed by atoms with E-state index in [1.54, 1.807) is 4.90 Å². The van der Waals surface area contributed by atoms with Gasteiger partial charge in [0.05, 0.1) is 5.92 Å². The summed E-state index contributed by atoms with van der Waals surface area (Å²) in [4.78, 5) is 24.8. The monoisotopic (exact) mass is 280 g/mol. The lowest BCUT2D eigenvalue weighted by Gasteiger charge is -2.34. The summed E-state index contributed by atoms with van der Waals surface area (Å²) in [7, 11) is 0. The first-order valence-corrected chi connectivity index (χ1v) is 7.49. The summed E-state index contributed by atoms with van der Waals surface area (Å²) in [5.74, 6) is -0.986. The van der Waals surface area contributed by atoms with Crippen LogP contribution in [0.5, 0.6) is 0 Å². The number of hydrogen-bond acceptors (Lipinski definition) is 2. The number of rotatable bonds is 4. The van der Waals surface area contributed by atoms with Gasteiger partial charge in [0.1, 0.15) is 0 Å². The Morgan fingerprint density at radius 2 is 2.25 bits per heavy atom. The van der Waals surface area contributed by atoms with Crippen molar-refractivity contribution in [2.45, 2.75) is 39.0 Å². The van der Waals surface area contributed by atoms with E-state index in [0.29, 0.717) is 26.1 Å². The van der Waals surface area contributed by atoms with Gasteiger partial charge in [-0.05, 0) is 38.0 Å². The van der Waals surface area contributed by atoms with E-state index >= 15 is 0 Å². The lowest BCUT2D eigenvalue weighted by atomic mass is 9.91. The molecule has 2 aliphatic rings. The van der Waals surface area contributed by atoms with Gasteiger partial charge in [-0.25, -0.2) is 4.79 Å². The number of urea groups is 1. The predicted octanol–water partition coefficient (Wildman–Crippen LogP) is 2.24. The second-order valence-electron chi connectivity index (χ2n) is 6.02. The molecule has 1 heterocycles. The molecule has 1 saturated heterocycles. The van der Waals surface area contributed by atoms with Crippen molar-refractivity contribution in [1.82, 2.24) is 10.2 Å². The first-order valence-electron chi connectivity index (χ1n) is 7.49.